The molecule has 1 aliphatic heterocycles. The Bertz CT molecular complexity index is 768. The van der Waals surface area contributed by atoms with Crippen LogP contribution in [0.15, 0.2) is 29.0 Å². The Balaban J connectivity index is 1.32. The lowest BCUT2D eigenvalue weighted by Gasteiger charge is -2.39. The van der Waals surface area contributed by atoms with E-state index in [9.17, 15) is 4.79 Å². The van der Waals surface area contributed by atoms with Crippen LogP contribution in [0, 0.1) is 0 Å². The van der Waals surface area contributed by atoms with E-state index in [1.807, 2.05) is 19.1 Å². The van der Waals surface area contributed by atoms with Gasteiger partial charge in [-0.1, -0.05) is 5.16 Å². The highest BCUT2D eigenvalue weighted by Gasteiger charge is 2.32. The van der Waals surface area contributed by atoms with Crippen LogP contribution in [0.4, 0.5) is 0 Å². The molecule has 4 rings (SSSR count). The van der Waals surface area contributed by atoms with Crippen molar-refractivity contribution in [2.24, 2.45) is 0 Å². The summed E-state index contributed by atoms with van der Waals surface area (Å²) in [7, 11) is 0. The average molecular weight is 370 g/mol. The Hall–Kier alpha value is -2.32. The van der Waals surface area contributed by atoms with Crippen molar-refractivity contribution in [3.05, 3.63) is 30.4 Å². The summed E-state index contributed by atoms with van der Waals surface area (Å²) in [5.74, 6) is 1.33. The zero-order valence-electron chi connectivity index (χ0n) is 15.8. The predicted octanol–water partition coefficient (Wildman–Crippen LogP) is 1.48. The highest BCUT2D eigenvalue weighted by molar-refractivity contribution is 5.81. The maximum Gasteiger partial charge on any atom is 0.244 e. The average Bonchev–Trinajstić information content (AvgIpc) is 3.39. The van der Waals surface area contributed by atoms with E-state index >= 15 is 0 Å². The van der Waals surface area contributed by atoms with Crippen molar-refractivity contribution < 1.29 is 9.32 Å². The molecule has 2 fully saturated rings. The normalized spacial score (nSPS) is 21.0. The molecule has 3 heterocycles. The smallest absolute Gasteiger partial charge is 0.244 e. The Morgan fingerprint density at radius 2 is 1.96 bits per heavy atom. The van der Waals surface area contributed by atoms with E-state index in [-0.39, 0.29) is 18.0 Å². The van der Waals surface area contributed by atoms with Crippen LogP contribution >= 0.6 is 0 Å². The first-order valence-electron chi connectivity index (χ1n) is 9.64. The lowest BCUT2D eigenvalue weighted by atomic mass is 10.1. The van der Waals surface area contributed by atoms with E-state index in [4.69, 9.17) is 4.52 Å². The van der Waals surface area contributed by atoms with Crippen molar-refractivity contribution in [2.45, 2.75) is 44.8 Å². The molecule has 1 amide bonds. The number of hydrogen-bond donors (Lipinski definition) is 1. The molecule has 27 heavy (non-hydrogen) atoms. The van der Waals surface area contributed by atoms with Crippen molar-refractivity contribution >= 4 is 5.91 Å². The Morgan fingerprint density at radius 1 is 1.22 bits per heavy atom. The Morgan fingerprint density at radius 3 is 2.63 bits per heavy atom. The molecular weight excluding hydrogens is 344 g/mol. The van der Waals surface area contributed by atoms with Crippen molar-refractivity contribution in [3.8, 4) is 11.4 Å². The third-order valence-corrected chi connectivity index (χ3v) is 5.47. The van der Waals surface area contributed by atoms with Gasteiger partial charge in [-0.05, 0) is 38.8 Å². The van der Waals surface area contributed by atoms with Crippen LogP contribution in [0.25, 0.3) is 11.4 Å². The first kappa shape index (κ1) is 18.1. The van der Waals surface area contributed by atoms with Crippen LogP contribution in [-0.2, 0) is 4.79 Å². The summed E-state index contributed by atoms with van der Waals surface area (Å²) in [5.41, 5.74) is 0.847. The van der Waals surface area contributed by atoms with Crippen molar-refractivity contribution in [1.82, 2.24) is 30.2 Å². The van der Waals surface area contributed by atoms with E-state index in [1.165, 1.54) is 0 Å². The SMILES string of the molecule is C[C@@H](C(=O)NC1CC1)N1CCN([C@@H](C)c2nc(-c3cccnc3)no2)CC1. The molecule has 1 N–H and O–H groups in total. The molecule has 0 spiro atoms. The number of piperazine rings is 1. The largest absolute Gasteiger partial charge is 0.352 e. The maximum atomic E-state index is 12.3. The molecule has 1 saturated carbocycles. The van der Waals surface area contributed by atoms with Crippen LogP contribution in [0.3, 0.4) is 0 Å². The molecule has 2 aromatic heterocycles. The van der Waals surface area contributed by atoms with Gasteiger partial charge < -0.3 is 9.84 Å². The Labute approximate surface area is 158 Å². The lowest BCUT2D eigenvalue weighted by Crippen LogP contribution is -2.54. The van der Waals surface area contributed by atoms with Gasteiger partial charge in [-0.3, -0.25) is 19.6 Å². The van der Waals surface area contributed by atoms with Crippen molar-refractivity contribution in [3.63, 3.8) is 0 Å². The molecule has 0 radical (unpaired) electrons. The molecule has 0 unspecified atom stereocenters. The van der Waals surface area contributed by atoms with Crippen LogP contribution in [-0.4, -0.2) is 69.1 Å². The highest BCUT2D eigenvalue weighted by Crippen LogP contribution is 2.24. The summed E-state index contributed by atoms with van der Waals surface area (Å²) in [6.45, 7) is 7.52. The monoisotopic (exact) mass is 370 g/mol. The molecule has 144 valence electrons. The number of hydrogen-bond acceptors (Lipinski definition) is 7. The van der Waals surface area contributed by atoms with E-state index in [0.29, 0.717) is 17.8 Å². The van der Waals surface area contributed by atoms with Crippen molar-refractivity contribution in [1.29, 1.82) is 0 Å². The third kappa shape index (κ3) is 4.17. The minimum atomic E-state index is -0.0800. The van der Waals surface area contributed by atoms with Gasteiger partial charge in [0, 0.05) is 50.2 Å². The highest BCUT2D eigenvalue weighted by atomic mass is 16.5. The van der Waals surface area contributed by atoms with Gasteiger partial charge in [-0.15, -0.1) is 0 Å². The van der Waals surface area contributed by atoms with Gasteiger partial charge in [-0.25, -0.2) is 0 Å². The fraction of sp³-hybridized carbons (Fsp3) is 0.579. The number of carbonyl (C=O) groups is 1. The van der Waals surface area contributed by atoms with E-state index in [1.54, 1.807) is 12.4 Å². The number of nitrogens with one attached hydrogen (secondary N) is 1. The first-order chi connectivity index (χ1) is 13.1. The predicted molar refractivity (Wildman–Crippen MR) is 99.7 cm³/mol. The fourth-order valence-corrected chi connectivity index (χ4v) is 3.40. The molecule has 8 heteroatoms. The number of pyridine rings is 1. The van der Waals surface area contributed by atoms with E-state index in [0.717, 1.165) is 44.6 Å². The lowest BCUT2D eigenvalue weighted by molar-refractivity contribution is -0.126. The number of rotatable bonds is 6. The Kier molecular flexibility index (Phi) is 5.18. The molecular formula is C19H26N6O2. The van der Waals surface area contributed by atoms with Crippen LogP contribution in [0.1, 0.15) is 38.6 Å². The molecule has 0 bridgehead atoms. The van der Waals surface area contributed by atoms with E-state index in [2.05, 4.69) is 37.2 Å². The number of amides is 1. The zero-order chi connectivity index (χ0) is 18.8. The zero-order valence-corrected chi connectivity index (χ0v) is 15.8. The minimum absolute atomic E-state index is 0.0423. The number of nitrogens with zero attached hydrogens (tertiary/aromatic N) is 5. The molecule has 0 aromatic carbocycles. The molecule has 8 nitrogen and oxygen atoms in total. The van der Waals surface area contributed by atoms with Gasteiger partial charge >= 0.3 is 0 Å². The maximum absolute atomic E-state index is 12.3. The van der Waals surface area contributed by atoms with Crippen LogP contribution in [0.5, 0.6) is 0 Å². The number of aromatic nitrogens is 3. The van der Waals surface area contributed by atoms with Gasteiger partial charge in [0.2, 0.25) is 17.6 Å². The minimum Gasteiger partial charge on any atom is -0.352 e. The van der Waals surface area contributed by atoms with E-state index < -0.39 is 0 Å². The van der Waals surface area contributed by atoms with Gasteiger partial charge in [-0.2, -0.15) is 4.98 Å². The van der Waals surface area contributed by atoms with Gasteiger partial charge in [0.05, 0.1) is 12.1 Å². The van der Waals surface area contributed by atoms with Crippen molar-refractivity contribution in [2.75, 3.05) is 26.2 Å². The fourth-order valence-electron chi connectivity index (χ4n) is 3.40. The molecule has 1 saturated heterocycles. The van der Waals surface area contributed by atoms with Crippen LogP contribution in [0.2, 0.25) is 0 Å². The second-order valence-corrected chi connectivity index (χ2v) is 7.40. The summed E-state index contributed by atoms with van der Waals surface area (Å²) in [5, 5.41) is 7.18. The summed E-state index contributed by atoms with van der Waals surface area (Å²) in [4.78, 5) is 25.5. The van der Waals surface area contributed by atoms with Gasteiger partial charge in [0.1, 0.15) is 0 Å². The topological polar surface area (TPSA) is 87.4 Å². The second kappa shape index (κ2) is 7.74. The van der Waals surface area contributed by atoms with Gasteiger partial charge in [0.25, 0.3) is 0 Å². The molecule has 2 atom stereocenters. The first-order valence-corrected chi connectivity index (χ1v) is 9.64. The molecule has 2 aromatic rings. The standard InChI is InChI=1S/C19H26N6O2/c1-13(18(26)21-16-5-6-16)24-8-10-25(11-9-24)14(2)19-22-17(23-27-19)15-4-3-7-20-12-15/h3-4,7,12-14,16H,5-6,8-11H2,1-2H3,(H,21,26)/t13-,14-/m0/s1. The second-order valence-electron chi connectivity index (χ2n) is 7.40. The number of carbonyl (C=O) groups excluding carboxylic acids is 1. The molecule has 2 aliphatic rings. The summed E-state index contributed by atoms with van der Waals surface area (Å²) < 4.78 is 5.49. The van der Waals surface area contributed by atoms with Gasteiger partial charge in [0.15, 0.2) is 0 Å². The quantitative estimate of drug-likeness (QED) is 0.824. The summed E-state index contributed by atoms with van der Waals surface area (Å²) in [6.07, 6.45) is 5.69. The summed E-state index contributed by atoms with van der Waals surface area (Å²) in [6, 6.07) is 4.14. The summed E-state index contributed by atoms with van der Waals surface area (Å²) >= 11 is 0. The van der Waals surface area contributed by atoms with Crippen LogP contribution < -0.4 is 5.32 Å². The molecule has 1 aliphatic carbocycles. The third-order valence-electron chi connectivity index (χ3n) is 5.47.